The highest BCUT2D eigenvalue weighted by atomic mass is 35.5. The molecule has 1 heterocycles. The van der Waals surface area contributed by atoms with Crippen molar-refractivity contribution in [2.24, 2.45) is 0 Å². The van der Waals surface area contributed by atoms with E-state index in [1.54, 1.807) is 18.3 Å². The quantitative estimate of drug-likeness (QED) is 0.574. The fourth-order valence-electron chi connectivity index (χ4n) is 0.729. The van der Waals surface area contributed by atoms with E-state index in [1.807, 2.05) is 0 Å². The number of ether oxygens (including phenoxy) is 1. The van der Waals surface area contributed by atoms with Gasteiger partial charge in [-0.1, -0.05) is 11.6 Å². The van der Waals surface area contributed by atoms with E-state index in [9.17, 15) is 0 Å². The van der Waals surface area contributed by atoms with Gasteiger partial charge in [0.15, 0.2) is 0 Å². The van der Waals surface area contributed by atoms with Crippen LogP contribution >= 0.6 is 11.6 Å². The summed E-state index contributed by atoms with van der Waals surface area (Å²) < 4.78 is 5.24. The number of hydrogen-bond donors (Lipinski definition) is 1. The second-order valence-electron chi connectivity index (χ2n) is 2.24. The molecule has 0 saturated carbocycles. The summed E-state index contributed by atoms with van der Waals surface area (Å²) in [6.07, 6.45) is 2.20. The zero-order valence-corrected chi connectivity index (χ0v) is 7.29. The van der Waals surface area contributed by atoms with Crippen LogP contribution in [0.25, 0.3) is 0 Å². The molecule has 0 aromatic carbocycles. The Morgan fingerprint density at radius 2 is 2.42 bits per heavy atom. The lowest BCUT2D eigenvalue weighted by molar-refractivity contribution is 0.233. The van der Waals surface area contributed by atoms with Crippen molar-refractivity contribution in [3.63, 3.8) is 0 Å². The molecule has 0 unspecified atom stereocenters. The molecule has 0 aliphatic carbocycles. The molecule has 12 heavy (non-hydrogen) atoms. The fraction of sp³-hybridized carbons (Fsp3) is 0.375. The molecule has 0 bridgehead atoms. The maximum absolute atomic E-state index is 8.48. The molecule has 0 radical (unpaired) electrons. The largest absolute Gasteiger partial charge is 0.493 e. The predicted octanol–water partition coefficient (Wildman–Crippen LogP) is 1.50. The maximum Gasteiger partial charge on any atom is 0.132 e. The number of hydrogen-bond acceptors (Lipinski definition) is 3. The van der Waals surface area contributed by atoms with Gasteiger partial charge in [-0.3, -0.25) is 0 Å². The van der Waals surface area contributed by atoms with Gasteiger partial charge in [-0.25, -0.2) is 4.98 Å². The van der Waals surface area contributed by atoms with Gasteiger partial charge in [-0.2, -0.15) is 0 Å². The van der Waals surface area contributed by atoms with Crippen molar-refractivity contribution >= 4 is 11.6 Å². The zero-order chi connectivity index (χ0) is 8.81. The van der Waals surface area contributed by atoms with Crippen LogP contribution in [0.3, 0.4) is 0 Å². The number of aliphatic hydroxyl groups excluding tert-OH is 1. The average Bonchev–Trinajstić information content (AvgIpc) is 2.05. The van der Waals surface area contributed by atoms with Crippen molar-refractivity contribution in [3.05, 3.63) is 23.5 Å². The Labute approximate surface area is 76.0 Å². The summed E-state index contributed by atoms with van der Waals surface area (Å²) in [7, 11) is 0. The predicted molar refractivity (Wildman–Crippen MR) is 46.4 cm³/mol. The third kappa shape index (κ3) is 3.07. The molecule has 66 valence electrons. The van der Waals surface area contributed by atoms with Gasteiger partial charge >= 0.3 is 0 Å². The molecule has 4 heteroatoms. The molecule has 3 nitrogen and oxygen atoms in total. The molecule has 0 aliphatic rings. The Bertz CT molecular complexity index is 242. The number of aliphatic hydroxyl groups is 1. The number of halogens is 1. The van der Waals surface area contributed by atoms with Crippen molar-refractivity contribution in [2.75, 3.05) is 13.2 Å². The van der Waals surface area contributed by atoms with Crippen LogP contribution in [0.1, 0.15) is 6.42 Å². The molecule has 1 aromatic heterocycles. The number of pyridine rings is 1. The lowest BCUT2D eigenvalue weighted by Crippen LogP contribution is -1.99. The van der Waals surface area contributed by atoms with Gasteiger partial charge in [-0.15, -0.1) is 0 Å². The molecule has 0 amide bonds. The van der Waals surface area contributed by atoms with Gasteiger partial charge in [0, 0.05) is 25.3 Å². The molecule has 0 atom stereocenters. The van der Waals surface area contributed by atoms with E-state index in [0.29, 0.717) is 23.9 Å². The summed E-state index contributed by atoms with van der Waals surface area (Å²) >= 11 is 5.62. The standard InChI is InChI=1S/C8H10ClNO2/c9-8-6-7(2-3-10-8)12-5-1-4-11/h2-3,6,11H,1,4-5H2. The van der Waals surface area contributed by atoms with Gasteiger partial charge in [0.2, 0.25) is 0 Å². The van der Waals surface area contributed by atoms with Crippen molar-refractivity contribution in [3.8, 4) is 5.75 Å². The fourth-order valence-corrected chi connectivity index (χ4v) is 0.893. The van der Waals surface area contributed by atoms with Crippen molar-refractivity contribution in [1.82, 2.24) is 4.98 Å². The minimum atomic E-state index is 0.138. The number of nitrogens with zero attached hydrogens (tertiary/aromatic N) is 1. The van der Waals surface area contributed by atoms with E-state index in [4.69, 9.17) is 21.4 Å². The SMILES string of the molecule is OCCCOc1ccnc(Cl)c1. The minimum Gasteiger partial charge on any atom is -0.493 e. The molecule has 1 N–H and O–H groups in total. The minimum absolute atomic E-state index is 0.138. The lowest BCUT2D eigenvalue weighted by Gasteiger charge is -2.03. The highest BCUT2D eigenvalue weighted by Gasteiger charge is 1.94. The summed E-state index contributed by atoms with van der Waals surface area (Å²) in [5, 5.41) is 8.89. The van der Waals surface area contributed by atoms with Crippen LogP contribution in [-0.4, -0.2) is 23.3 Å². The number of rotatable bonds is 4. The first kappa shape index (κ1) is 9.29. The third-order valence-electron chi connectivity index (χ3n) is 1.27. The average molecular weight is 188 g/mol. The van der Waals surface area contributed by atoms with E-state index in [0.717, 1.165) is 0 Å². The summed E-state index contributed by atoms with van der Waals surface area (Å²) in [6, 6.07) is 3.36. The van der Waals surface area contributed by atoms with Crippen LogP contribution in [0.4, 0.5) is 0 Å². The van der Waals surface area contributed by atoms with Crippen LogP contribution in [0, 0.1) is 0 Å². The van der Waals surface area contributed by atoms with Gasteiger partial charge in [0.25, 0.3) is 0 Å². The smallest absolute Gasteiger partial charge is 0.132 e. The lowest BCUT2D eigenvalue weighted by atomic mass is 10.4. The second kappa shape index (κ2) is 4.95. The topological polar surface area (TPSA) is 42.4 Å². The normalized spacial score (nSPS) is 9.83. The van der Waals surface area contributed by atoms with Gasteiger partial charge in [0.1, 0.15) is 10.9 Å². The van der Waals surface area contributed by atoms with Crippen LogP contribution in [0.15, 0.2) is 18.3 Å². The van der Waals surface area contributed by atoms with E-state index in [1.165, 1.54) is 0 Å². The highest BCUT2D eigenvalue weighted by Crippen LogP contribution is 2.14. The third-order valence-corrected chi connectivity index (χ3v) is 1.48. The van der Waals surface area contributed by atoms with Crippen molar-refractivity contribution in [2.45, 2.75) is 6.42 Å². The molecular formula is C8H10ClNO2. The van der Waals surface area contributed by atoms with E-state index in [-0.39, 0.29) is 6.61 Å². The first-order chi connectivity index (χ1) is 5.83. The Kier molecular flexibility index (Phi) is 3.84. The zero-order valence-electron chi connectivity index (χ0n) is 6.53. The van der Waals surface area contributed by atoms with E-state index < -0.39 is 0 Å². The summed E-state index contributed by atoms with van der Waals surface area (Å²) in [4.78, 5) is 3.80. The first-order valence-corrected chi connectivity index (χ1v) is 4.06. The first-order valence-electron chi connectivity index (χ1n) is 3.68. The Balaban J connectivity index is 2.41. The summed E-state index contributed by atoms with van der Waals surface area (Å²) in [5.41, 5.74) is 0. The highest BCUT2D eigenvalue weighted by molar-refractivity contribution is 6.29. The van der Waals surface area contributed by atoms with Gasteiger partial charge < -0.3 is 9.84 Å². The molecule has 1 aromatic rings. The monoisotopic (exact) mass is 187 g/mol. The summed E-state index contributed by atoms with van der Waals surface area (Å²) in [5.74, 6) is 0.684. The van der Waals surface area contributed by atoms with Crippen molar-refractivity contribution in [1.29, 1.82) is 0 Å². The molecule has 0 fully saturated rings. The van der Waals surface area contributed by atoms with Crippen molar-refractivity contribution < 1.29 is 9.84 Å². The second-order valence-corrected chi connectivity index (χ2v) is 2.63. The molecule has 1 rings (SSSR count). The Morgan fingerprint density at radius 1 is 1.58 bits per heavy atom. The van der Waals surface area contributed by atoms with E-state index in [2.05, 4.69) is 4.98 Å². The van der Waals surface area contributed by atoms with Crippen LogP contribution in [0.5, 0.6) is 5.75 Å². The Hall–Kier alpha value is -0.800. The Morgan fingerprint density at radius 3 is 3.08 bits per heavy atom. The number of aromatic nitrogens is 1. The molecular weight excluding hydrogens is 178 g/mol. The molecule has 0 aliphatic heterocycles. The summed E-state index contributed by atoms with van der Waals surface area (Å²) in [6.45, 7) is 0.635. The maximum atomic E-state index is 8.48. The van der Waals surface area contributed by atoms with Crippen LogP contribution in [-0.2, 0) is 0 Å². The van der Waals surface area contributed by atoms with Crippen LogP contribution in [0.2, 0.25) is 5.15 Å². The van der Waals surface area contributed by atoms with Gasteiger partial charge in [0.05, 0.1) is 6.61 Å². The van der Waals surface area contributed by atoms with Gasteiger partial charge in [-0.05, 0) is 6.07 Å². The molecule has 0 spiro atoms. The van der Waals surface area contributed by atoms with Crippen LogP contribution < -0.4 is 4.74 Å². The van der Waals surface area contributed by atoms with E-state index >= 15 is 0 Å². The molecule has 0 saturated heterocycles.